The minimum atomic E-state index is -0.982. The Labute approximate surface area is 184 Å². The topological polar surface area (TPSA) is 116 Å². The number of carbonyl (C=O) groups is 3. The van der Waals surface area contributed by atoms with Gasteiger partial charge in [-0.15, -0.1) is 0 Å². The molecule has 4 aromatic rings. The van der Waals surface area contributed by atoms with Crippen molar-refractivity contribution in [3.8, 4) is 0 Å². The normalized spacial score (nSPS) is 11.9. The van der Waals surface area contributed by atoms with Crippen molar-refractivity contribution in [2.45, 2.75) is 18.9 Å². The van der Waals surface area contributed by atoms with Crippen LogP contribution in [0.4, 0.5) is 0 Å². The summed E-state index contributed by atoms with van der Waals surface area (Å²) in [6.45, 7) is -0.0620. The van der Waals surface area contributed by atoms with Crippen molar-refractivity contribution in [1.82, 2.24) is 20.6 Å². The second-order valence-electron chi connectivity index (χ2n) is 7.52. The van der Waals surface area contributed by atoms with Crippen LogP contribution >= 0.6 is 0 Å². The lowest BCUT2D eigenvalue weighted by molar-refractivity contribution is -0.145. The first-order valence-electron chi connectivity index (χ1n) is 10.3. The molecule has 2 heterocycles. The van der Waals surface area contributed by atoms with Gasteiger partial charge in [0.25, 0.3) is 0 Å². The third kappa shape index (κ3) is 4.64. The van der Waals surface area contributed by atoms with Crippen molar-refractivity contribution in [2.24, 2.45) is 0 Å². The summed E-state index contributed by atoms with van der Waals surface area (Å²) < 4.78 is 4.80. The van der Waals surface area contributed by atoms with Gasteiger partial charge in [-0.2, -0.15) is 0 Å². The maximum atomic E-state index is 12.6. The Morgan fingerprint density at radius 1 is 0.844 bits per heavy atom. The number of aromatic nitrogens is 2. The molecule has 2 amide bonds. The van der Waals surface area contributed by atoms with Crippen LogP contribution in [0, 0.1) is 0 Å². The highest BCUT2D eigenvalue weighted by Crippen LogP contribution is 2.19. The van der Waals surface area contributed by atoms with Gasteiger partial charge in [-0.25, -0.2) is 4.79 Å². The number of hydrogen-bond acceptors (Lipinski definition) is 4. The lowest BCUT2D eigenvalue weighted by atomic mass is 10.1. The van der Waals surface area contributed by atoms with E-state index in [1.165, 1.54) is 7.11 Å². The first-order valence-corrected chi connectivity index (χ1v) is 10.3. The SMILES string of the molecule is COC(=O)[C@H](CNC(=O)Cc1c[nH]c2ccccc12)NC(=O)Cc1c[nH]c2ccccc12. The number of amides is 2. The van der Waals surface area contributed by atoms with E-state index in [4.69, 9.17) is 4.74 Å². The first kappa shape index (κ1) is 21.2. The maximum Gasteiger partial charge on any atom is 0.330 e. The molecular weight excluding hydrogens is 408 g/mol. The molecule has 0 radical (unpaired) electrons. The van der Waals surface area contributed by atoms with Crippen LogP contribution < -0.4 is 10.6 Å². The Morgan fingerprint density at radius 3 is 1.94 bits per heavy atom. The number of ether oxygens (including phenoxy) is 1. The van der Waals surface area contributed by atoms with Gasteiger partial charge in [0, 0.05) is 40.7 Å². The molecule has 0 saturated carbocycles. The predicted octanol–water partition coefficient (Wildman–Crippen LogP) is 2.21. The van der Waals surface area contributed by atoms with Crippen molar-refractivity contribution in [3.05, 3.63) is 72.1 Å². The molecule has 0 aliphatic rings. The molecule has 2 aromatic carbocycles. The summed E-state index contributed by atoms with van der Waals surface area (Å²) in [7, 11) is 1.24. The van der Waals surface area contributed by atoms with Crippen LogP contribution in [0.1, 0.15) is 11.1 Å². The molecule has 8 nitrogen and oxygen atoms in total. The van der Waals surface area contributed by atoms with Crippen molar-refractivity contribution < 1.29 is 19.1 Å². The van der Waals surface area contributed by atoms with Gasteiger partial charge in [0.15, 0.2) is 0 Å². The van der Waals surface area contributed by atoms with Crippen molar-refractivity contribution in [1.29, 1.82) is 0 Å². The van der Waals surface area contributed by atoms with Crippen LogP contribution in [0.5, 0.6) is 0 Å². The van der Waals surface area contributed by atoms with Gasteiger partial charge in [-0.1, -0.05) is 36.4 Å². The number of esters is 1. The van der Waals surface area contributed by atoms with Gasteiger partial charge in [0.05, 0.1) is 20.0 Å². The molecule has 4 rings (SSSR count). The van der Waals surface area contributed by atoms with E-state index in [2.05, 4.69) is 20.6 Å². The molecule has 0 spiro atoms. The Morgan fingerprint density at radius 2 is 1.38 bits per heavy atom. The van der Waals surface area contributed by atoms with Crippen LogP contribution in [0.25, 0.3) is 21.8 Å². The fourth-order valence-corrected chi connectivity index (χ4v) is 3.76. The van der Waals surface area contributed by atoms with Gasteiger partial charge >= 0.3 is 5.97 Å². The largest absolute Gasteiger partial charge is 0.467 e. The molecule has 8 heteroatoms. The first-order chi connectivity index (χ1) is 15.5. The third-order valence-corrected chi connectivity index (χ3v) is 5.38. The summed E-state index contributed by atoms with van der Waals surface area (Å²) in [4.78, 5) is 43.5. The Balaban J connectivity index is 1.36. The fourth-order valence-electron chi connectivity index (χ4n) is 3.76. The number of methoxy groups -OCH3 is 1. The molecule has 2 aromatic heterocycles. The van der Waals surface area contributed by atoms with Crippen molar-refractivity contribution in [3.63, 3.8) is 0 Å². The average Bonchev–Trinajstić information content (AvgIpc) is 3.40. The Bertz CT molecular complexity index is 1270. The summed E-state index contributed by atoms with van der Waals surface area (Å²) in [5, 5.41) is 7.31. The lowest BCUT2D eigenvalue weighted by Crippen LogP contribution is -2.49. The molecule has 0 saturated heterocycles. The number of H-pyrrole nitrogens is 2. The molecular formula is C24H24N4O4. The second-order valence-corrected chi connectivity index (χ2v) is 7.52. The average molecular weight is 432 g/mol. The highest BCUT2D eigenvalue weighted by molar-refractivity contribution is 5.92. The van der Waals surface area contributed by atoms with E-state index in [9.17, 15) is 14.4 Å². The number of benzene rings is 2. The zero-order chi connectivity index (χ0) is 22.5. The third-order valence-electron chi connectivity index (χ3n) is 5.38. The minimum absolute atomic E-state index is 0.0620. The Hall–Kier alpha value is -4.07. The smallest absolute Gasteiger partial charge is 0.330 e. The number of rotatable bonds is 8. The van der Waals surface area contributed by atoms with E-state index in [0.717, 1.165) is 32.9 Å². The number of fused-ring (bicyclic) bond motifs is 2. The van der Waals surface area contributed by atoms with Gasteiger partial charge < -0.3 is 25.3 Å². The summed E-state index contributed by atoms with van der Waals surface area (Å²) >= 11 is 0. The maximum absolute atomic E-state index is 12.6. The van der Waals surface area contributed by atoms with Crippen LogP contribution in [-0.4, -0.2) is 47.4 Å². The fraction of sp³-hybridized carbons (Fsp3) is 0.208. The van der Waals surface area contributed by atoms with Crippen LogP contribution in [-0.2, 0) is 32.0 Å². The van der Waals surface area contributed by atoms with Crippen molar-refractivity contribution in [2.75, 3.05) is 13.7 Å². The molecule has 1 atom stereocenters. The van der Waals surface area contributed by atoms with Gasteiger partial charge in [0.1, 0.15) is 6.04 Å². The lowest BCUT2D eigenvalue weighted by Gasteiger charge is -2.17. The molecule has 0 unspecified atom stereocenters. The summed E-state index contributed by atoms with van der Waals surface area (Å²) in [6.07, 6.45) is 3.83. The standard InChI is InChI=1S/C24H24N4O4/c1-32-24(31)21(28-23(30)11-16-13-26-20-9-5-3-7-18(16)20)14-27-22(29)10-15-12-25-19-8-4-2-6-17(15)19/h2-9,12-13,21,25-26H,10-11,14H2,1H3,(H,27,29)(H,28,30)/t21-/m0/s1. The summed E-state index contributed by atoms with van der Waals surface area (Å²) in [5.41, 5.74) is 3.57. The number of para-hydroxylation sites is 2. The van der Waals surface area contributed by atoms with E-state index >= 15 is 0 Å². The van der Waals surface area contributed by atoms with Gasteiger partial charge in [0.2, 0.25) is 11.8 Å². The quantitative estimate of drug-likeness (QED) is 0.320. The van der Waals surface area contributed by atoms with Gasteiger partial charge in [-0.3, -0.25) is 9.59 Å². The summed E-state index contributed by atoms with van der Waals surface area (Å²) in [6, 6.07) is 14.4. The van der Waals surface area contributed by atoms with Crippen LogP contribution in [0.3, 0.4) is 0 Å². The molecule has 32 heavy (non-hydrogen) atoms. The van der Waals surface area contributed by atoms with Crippen LogP contribution in [0.2, 0.25) is 0 Å². The Kier molecular flexibility index (Phi) is 6.21. The van der Waals surface area contributed by atoms with Crippen LogP contribution in [0.15, 0.2) is 60.9 Å². The van der Waals surface area contributed by atoms with Crippen molar-refractivity contribution >= 4 is 39.6 Å². The highest BCUT2D eigenvalue weighted by Gasteiger charge is 2.23. The second kappa shape index (κ2) is 9.38. The molecule has 0 fully saturated rings. The number of aromatic amines is 2. The van der Waals surface area contributed by atoms with E-state index in [0.29, 0.717) is 0 Å². The highest BCUT2D eigenvalue weighted by atomic mass is 16.5. The molecule has 4 N–H and O–H groups in total. The molecule has 0 bridgehead atoms. The molecule has 164 valence electrons. The van der Waals surface area contributed by atoms with Gasteiger partial charge in [-0.05, 0) is 23.3 Å². The predicted molar refractivity (Wildman–Crippen MR) is 121 cm³/mol. The van der Waals surface area contributed by atoms with E-state index in [-0.39, 0.29) is 31.2 Å². The zero-order valence-corrected chi connectivity index (χ0v) is 17.6. The van der Waals surface area contributed by atoms with E-state index < -0.39 is 12.0 Å². The molecule has 0 aliphatic heterocycles. The zero-order valence-electron chi connectivity index (χ0n) is 17.6. The number of nitrogens with one attached hydrogen (secondary N) is 4. The summed E-state index contributed by atoms with van der Waals surface area (Å²) in [5.74, 6) is -1.21. The number of carbonyl (C=O) groups excluding carboxylic acids is 3. The van der Waals surface area contributed by atoms with E-state index in [1.54, 1.807) is 12.4 Å². The van der Waals surface area contributed by atoms with E-state index in [1.807, 2.05) is 48.5 Å². The number of hydrogen-bond donors (Lipinski definition) is 4. The minimum Gasteiger partial charge on any atom is -0.467 e. The monoisotopic (exact) mass is 432 g/mol. The molecule has 0 aliphatic carbocycles.